The van der Waals surface area contributed by atoms with Crippen molar-refractivity contribution in [1.82, 2.24) is 0 Å². The van der Waals surface area contributed by atoms with E-state index in [1.54, 1.807) is 0 Å². The summed E-state index contributed by atoms with van der Waals surface area (Å²) < 4.78 is 5.86. The molecule has 3 nitrogen and oxygen atoms in total. The summed E-state index contributed by atoms with van der Waals surface area (Å²) in [6.45, 7) is 0. The predicted octanol–water partition coefficient (Wildman–Crippen LogP) is 2.66. The van der Waals surface area contributed by atoms with Crippen molar-refractivity contribution in [3.8, 4) is 6.07 Å². The van der Waals surface area contributed by atoms with Crippen LogP contribution in [-0.2, 0) is 9.53 Å². The highest BCUT2D eigenvalue weighted by atomic mass is 127. The molecule has 6 atom stereocenters. The van der Waals surface area contributed by atoms with Crippen LogP contribution in [0, 0.1) is 28.6 Å². The molecule has 0 unspecified atom stereocenters. The first-order valence-corrected chi connectivity index (χ1v) is 7.76. The van der Waals surface area contributed by atoms with Crippen LogP contribution in [0.4, 0.5) is 0 Å². The molecule has 2 aliphatic carbocycles. The second-order valence-corrected chi connectivity index (χ2v) is 7.13. The Morgan fingerprint density at radius 2 is 2.11 bits per heavy atom. The van der Waals surface area contributed by atoms with Gasteiger partial charge in [-0.15, -0.1) is 0 Å². The zero-order valence-corrected chi connectivity index (χ0v) is 12.3. The fourth-order valence-electron chi connectivity index (χ4n) is 4.37. The quantitative estimate of drug-likeness (QED) is 0.437. The molecule has 0 amide bonds. The first-order valence-electron chi connectivity index (χ1n) is 6.51. The zero-order valence-electron chi connectivity index (χ0n) is 10.1. The van der Waals surface area contributed by atoms with Crippen molar-refractivity contribution in [3.05, 3.63) is 35.9 Å². The van der Waals surface area contributed by atoms with Crippen LogP contribution in [0.25, 0.3) is 0 Å². The van der Waals surface area contributed by atoms with Crippen molar-refractivity contribution in [2.24, 2.45) is 17.3 Å². The number of hydrogen-bond acceptors (Lipinski definition) is 3. The molecule has 1 aliphatic heterocycles. The van der Waals surface area contributed by atoms with Crippen LogP contribution in [0.5, 0.6) is 0 Å². The lowest BCUT2D eigenvalue weighted by Gasteiger charge is -2.33. The number of hydrogen-bond donors (Lipinski definition) is 0. The number of fused-ring (bicyclic) bond motifs is 1. The Bertz CT molecular complexity index is 596. The van der Waals surface area contributed by atoms with Crippen LogP contribution in [0.3, 0.4) is 0 Å². The van der Waals surface area contributed by atoms with E-state index in [-0.39, 0.29) is 23.9 Å². The third-order valence-corrected chi connectivity index (χ3v) is 6.71. The number of esters is 1. The van der Waals surface area contributed by atoms with Crippen LogP contribution in [-0.4, -0.2) is 16.0 Å². The van der Waals surface area contributed by atoms with Gasteiger partial charge >= 0.3 is 5.97 Å². The van der Waals surface area contributed by atoms with Gasteiger partial charge in [0.25, 0.3) is 0 Å². The normalized spacial score (nSPS) is 46.1. The molecule has 4 heteroatoms. The summed E-state index contributed by atoms with van der Waals surface area (Å²) >= 11 is 2.40. The SMILES string of the molecule is N#C[C@]12C(=O)O[C@@H]3[C@@H](I)[C@@H](C[C@@H]31)[C@H]2c1ccccc1. The van der Waals surface area contributed by atoms with E-state index in [1.165, 1.54) is 0 Å². The summed E-state index contributed by atoms with van der Waals surface area (Å²) in [6, 6.07) is 12.3. The van der Waals surface area contributed by atoms with Gasteiger partial charge in [0.15, 0.2) is 5.41 Å². The Kier molecular flexibility index (Phi) is 2.29. The fraction of sp³-hybridized carbons (Fsp3) is 0.467. The molecule has 96 valence electrons. The first kappa shape index (κ1) is 11.7. The van der Waals surface area contributed by atoms with E-state index >= 15 is 0 Å². The molecule has 4 rings (SSSR count). The molecule has 19 heavy (non-hydrogen) atoms. The highest BCUT2D eigenvalue weighted by Crippen LogP contribution is 2.69. The minimum Gasteiger partial charge on any atom is -0.460 e. The molecular weight excluding hydrogens is 353 g/mol. The van der Waals surface area contributed by atoms with Crippen LogP contribution >= 0.6 is 22.6 Å². The van der Waals surface area contributed by atoms with Crippen molar-refractivity contribution in [3.63, 3.8) is 0 Å². The third kappa shape index (κ3) is 1.20. The van der Waals surface area contributed by atoms with Crippen molar-refractivity contribution in [2.45, 2.75) is 22.4 Å². The molecule has 1 saturated heterocycles. The molecule has 1 aromatic carbocycles. The number of halogens is 1. The van der Waals surface area contributed by atoms with Gasteiger partial charge in [0, 0.05) is 11.8 Å². The Morgan fingerprint density at radius 1 is 1.37 bits per heavy atom. The number of rotatable bonds is 1. The van der Waals surface area contributed by atoms with Crippen LogP contribution in [0.1, 0.15) is 17.9 Å². The van der Waals surface area contributed by atoms with Crippen LogP contribution in [0.2, 0.25) is 0 Å². The topological polar surface area (TPSA) is 50.1 Å². The Morgan fingerprint density at radius 3 is 2.79 bits per heavy atom. The molecule has 1 heterocycles. The van der Waals surface area contributed by atoms with Crippen molar-refractivity contribution in [2.75, 3.05) is 0 Å². The summed E-state index contributed by atoms with van der Waals surface area (Å²) in [7, 11) is 0. The standard InChI is InChI=1S/C15H12INO2/c16-12-9-6-10-13(12)19-14(18)15(10,7-17)11(9)8-4-2-1-3-5-8/h1-5,9-13H,6H2/t9-,10-,11+,12-,13-,15-/m0/s1. The number of nitrogens with zero attached hydrogens (tertiary/aromatic N) is 1. The number of carbonyl (C=O) groups is 1. The average molecular weight is 365 g/mol. The predicted molar refractivity (Wildman–Crippen MR) is 76.5 cm³/mol. The van der Waals surface area contributed by atoms with Gasteiger partial charge in [-0.3, -0.25) is 4.79 Å². The molecule has 3 fully saturated rings. The molecule has 2 bridgehead atoms. The van der Waals surface area contributed by atoms with Crippen LogP contribution < -0.4 is 0 Å². The van der Waals surface area contributed by atoms with Gasteiger partial charge < -0.3 is 4.74 Å². The lowest BCUT2D eigenvalue weighted by Crippen LogP contribution is -2.41. The van der Waals surface area contributed by atoms with Gasteiger partial charge in [0.2, 0.25) is 0 Å². The highest BCUT2D eigenvalue weighted by molar-refractivity contribution is 14.1. The third-order valence-electron chi connectivity index (χ3n) is 5.07. The number of ether oxygens (including phenoxy) is 1. The first-order chi connectivity index (χ1) is 9.20. The summed E-state index contributed by atoms with van der Waals surface area (Å²) in [6.07, 6.45) is 0.898. The molecule has 0 spiro atoms. The van der Waals surface area contributed by atoms with E-state index < -0.39 is 5.41 Å². The van der Waals surface area contributed by atoms with Gasteiger partial charge in [-0.05, 0) is 17.9 Å². The maximum absolute atomic E-state index is 12.3. The average Bonchev–Trinajstić information content (AvgIpc) is 3.01. The Hall–Kier alpha value is -1.09. The van der Waals surface area contributed by atoms with Crippen molar-refractivity contribution >= 4 is 28.6 Å². The fourth-order valence-corrected chi connectivity index (χ4v) is 5.73. The summed E-state index contributed by atoms with van der Waals surface area (Å²) in [5.41, 5.74) is 0.175. The maximum atomic E-state index is 12.3. The number of alkyl halides is 1. The number of benzene rings is 1. The second kappa shape index (κ2) is 3.72. The minimum absolute atomic E-state index is 0.00292. The van der Waals surface area contributed by atoms with Crippen LogP contribution in [0.15, 0.2) is 30.3 Å². The van der Waals surface area contributed by atoms with E-state index in [1.807, 2.05) is 30.3 Å². The molecule has 0 aromatic heterocycles. The number of carbonyl (C=O) groups excluding carboxylic acids is 1. The second-order valence-electron chi connectivity index (χ2n) is 5.69. The van der Waals surface area contributed by atoms with E-state index in [0.717, 1.165) is 12.0 Å². The Labute approximate surface area is 125 Å². The molecule has 1 aromatic rings. The Balaban J connectivity index is 1.92. The molecule has 3 aliphatic rings. The maximum Gasteiger partial charge on any atom is 0.327 e. The van der Waals surface area contributed by atoms with Gasteiger partial charge in [-0.2, -0.15) is 5.26 Å². The number of nitriles is 1. The van der Waals surface area contributed by atoms with Gasteiger partial charge in [-0.25, -0.2) is 0 Å². The van der Waals surface area contributed by atoms with E-state index in [4.69, 9.17) is 4.74 Å². The minimum atomic E-state index is -0.932. The van der Waals surface area contributed by atoms with Crippen molar-refractivity contribution < 1.29 is 9.53 Å². The lowest BCUT2D eigenvalue weighted by atomic mass is 9.65. The molecule has 2 saturated carbocycles. The summed E-state index contributed by atoms with van der Waals surface area (Å²) in [5, 5.41) is 9.70. The molecular formula is C15H12INO2. The summed E-state index contributed by atoms with van der Waals surface area (Å²) in [4.78, 5) is 12.3. The zero-order chi connectivity index (χ0) is 13.2. The van der Waals surface area contributed by atoms with E-state index in [0.29, 0.717) is 9.84 Å². The van der Waals surface area contributed by atoms with Gasteiger partial charge in [-0.1, -0.05) is 52.9 Å². The monoisotopic (exact) mass is 365 g/mol. The van der Waals surface area contributed by atoms with Gasteiger partial charge in [0.05, 0.1) is 9.99 Å². The molecule has 0 radical (unpaired) electrons. The smallest absolute Gasteiger partial charge is 0.327 e. The largest absolute Gasteiger partial charge is 0.460 e. The highest BCUT2D eigenvalue weighted by Gasteiger charge is 2.75. The lowest BCUT2D eigenvalue weighted by molar-refractivity contribution is -0.145. The van der Waals surface area contributed by atoms with Gasteiger partial charge in [0.1, 0.15) is 6.10 Å². The summed E-state index contributed by atoms with van der Waals surface area (Å²) in [5.74, 6) is 0.170. The van der Waals surface area contributed by atoms with Crippen molar-refractivity contribution in [1.29, 1.82) is 5.26 Å². The van der Waals surface area contributed by atoms with E-state index in [9.17, 15) is 10.1 Å². The van der Waals surface area contributed by atoms with E-state index in [2.05, 4.69) is 28.7 Å². The molecule has 0 N–H and O–H groups in total.